The zero-order valence-corrected chi connectivity index (χ0v) is 14.4. The van der Waals surface area contributed by atoms with Crippen molar-refractivity contribution in [2.75, 3.05) is 31.1 Å². The number of H-pyrrole nitrogens is 1. The topological polar surface area (TPSA) is 60.9 Å². The molecule has 0 radical (unpaired) electrons. The maximum atomic E-state index is 4.87. The quantitative estimate of drug-likeness (QED) is 0.933. The normalized spacial score (nSPS) is 23.7. The summed E-state index contributed by atoms with van der Waals surface area (Å²) in [5.41, 5.74) is 0. The van der Waals surface area contributed by atoms with Gasteiger partial charge in [0, 0.05) is 49.5 Å². The minimum absolute atomic E-state index is 0.308. The van der Waals surface area contributed by atoms with Crippen LogP contribution in [0.25, 0.3) is 0 Å². The lowest BCUT2D eigenvalue weighted by Gasteiger charge is -2.39. The van der Waals surface area contributed by atoms with E-state index in [-0.39, 0.29) is 0 Å². The number of anilines is 1. The Hall–Kier alpha value is -1.47. The van der Waals surface area contributed by atoms with Gasteiger partial charge in [0.05, 0.1) is 6.04 Å². The largest absolute Gasteiger partial charge is 0.347 e. The van der Waals surface area contributed by atoms with Gasteiger partial charge in [-0.3, -0.25) is 4.90 Å². The third-order valence-electron chi connectivity index (χ3n) is 5.15. The molecule has 1 saturated heterocycles. The zero-order chi connectivity index (χ0) is 15.6. The number of aromatic amines is 1. The molecule has 0 spiro atoms. The van der Waals surface area contributed by atoms with E-state index in [4.69, 9.17) is 4.98 Å². The van der Waals surface area contributed by atoms with Crippen LogP contribution in [0.2, 0.25) is 0 Å². The number of hydrogen-bond acceptors (Lipinski definition) is 6. The van der Waals surface area contributed by atoms with Crippen molar-refractivity contribution in [3.63, 3.8) is 0 Å². The highest BCUT2D eigenvalue weighted by Gasteiger charge is 2.31. The fourth-order valence-corrected chi connectivity index (χ4v) is 4.58. The fraction of sp³-hybridized carbons (Fsp3) is 0.688. The molecule has 0 unspecified atom stereocenters. The molecular weight excluding hydrogens is 308 g/mol. The zero-order valence-electron chi connectivity index (χ0n) is 13.6. The van der Waals surface area contributed by atoms with Gasteiger partial charge in [0.2, 0.25) is 5.13 Å². The lowest BCUT2D eigenvalue weighted by Crippen LogP contribution is -2.48. The first kappa shape index (κ1) is 15.1. The van der Waals surface area contributed by atoms with Gasteiger partial charge < -0.3 is 9.88 Å². The Kier molecular flexibility index (Phi) is 4.31. The van der Waals surface area contributed by atoms with E-state index < -0.39 is 0 Å². The Bertz CT molecular complexity index is 618. The van der Waals surface area contributed by atoms with Crippen LogP contribution in [0.5, 0.6) is 0 Å². The smallest absolute Gasteiger partial charge is 0.205 e. The summed E-state index contributed by atoms with van der Waals surface area (Å²) >= 11 is 1.57. The van der Waals surface area contributed by atoms with Gasteiger partial charge in [0.25, 0.3) is 0 Å². The van der Waals surface area contributed by atoms with Crippen molar-refractivity contribution in [3.8, 4) is 0 Å². The van der Waals surface area contributed by atoms with E-state index in [2.05, 4.69) is 31.1 Å². The number of rotatable bonds is 4. The van der Waals surface area contributed by atoms with Gasteiger partial charge in [-0.1, -0.05) is 19.8 Å². The summed E-state index contributed by atoms with van der Waals surface area (Å²) in [5, 5.41) is 1.08. The SMILES string of the molecule is CCN1CCN(c2nc(C3CCCC3)ns2)C[C@@H]1c1ncc[nH]1. The maximum Gasteiger partial charge on any atom is 0.205 e. The third kappa shape index (κ3) is 2.99. The second-order valence-electron chi connectivity index (χ2n) is 6.48. The standard InChI is InChI=1S/C16H24N6S/c1-2-21-9-10-22(11-13(21)15-17-7-8-18-15)16-19-14(20-23-16)12-5-3-4-6-12/h7-8,12-13H,2-6,9-11H2,1H3,(H,17,18)/t13-/m1/s1. The summed E-state index contributed by atoms with van der Waals surface area (Å²) < 4.78 is 4.65. The number of hydrogen-bond donors (Lipinski definition) is 1. The predicted octanol–water partition coefficient (Wildman–Crippen LogP) is 2.80. The molecule has 23 heavy (non-hydrogen) atoms. The van der Waals surface area contributed by atoms with Gasteiger partial charge in [-0.05, 0) is 19.4 Å². The second kappa shape index (κ2) is 6.57. The highest BCUT2D eigenvalue weighted by molar-refractivity contribution is 7.09. The van der Waals surface area contributed by atoms with Crippen LogP contribution in [0, 0.1) is 0 Å². The van der Waals surface area contributed by atoms with Crippen molar-refractivity contribution in [1.29, 1.82) is 0 Å². The molecule has 1 saturated carbocycles. The van der Waals surface area contributed by atoms with Crippen LogP contribution >= 0.6 is 11.5 Å². The van der Waals surface area contributed by atoms with Gasteiger partial charge in [0.1, 0.15) is 11.6 Å². The van der Waals surface area contributed by atoms with Gasteiger partial charge in [0.15, 0.2) is 0 Å². The van der Waals surface area contributed by atoms with E-state index in [1.54, 1.807) is 11.5 Å². The molecular formula is C16H24N6S. The summed E-state index contributed by atoms with van der Waals surface area (Å²) in [6.07, 6.45) is 8.92. The van der Waals surface area contributed by atoms with Crippen molar-refractivity contribution >= 4 is 16.7 Å². The molecule has 2 aliphatic rings. The van der Waals surface area contributed by atoms with Crippen LogP contribution in [0.4, 0.5) is 5.13 Å². The highest BCUT2D eigenvalue weighted by atomic mass is 32.1. The summed E-state index contributed by atoms with van der Waals surface area (Å²) in [7, 11) is 0. The van der Waals surface area contributed by atoms with Crippen molar-refractivity contribution in [2.24, 2.45) is 0 Å². The van der Waals surface area contributed by atoms with E-state index >= 15 is 0 Å². The van der Waals surface area contributed by atoms with E-state index in [1.807, 2.05) is 12.4 Å². The Balaban J connectivity index is 1.51. The van der Waals surface area contributed by atoms with E-state index in [0.717, 1.165) is 43.0 Å². The second-order valence-corrected chi connectivity index (χ2v) is 7.21. The van der Waals surface area contributed by atoms with Crippen LogP contribution in [0.1, 0.15) is 56.2 Å². The number of nitrogens with one attached hydrogen (secondary N) is 1. The Morgan fingerprint density at radius 1 is 1.30 bits per heavy atom. The van der Waals surface area contributed by atoms with E-state index in [0.29, 0.717) is 12.0 Å². The number of likely N-dealkylation sites (N-methyl/N-ethyl adjacent to an activating group) is 1. The fourth-order valence-electron chi connectivity index (χ4n) is 3.80. The molecule has 0 bridgehead atoms. The Morgan fingerprint density at radius 3 is 2.91 bits per heavy atom. The Labute approximate surface area is 141 Å². The van der Waals surface area contributed by atoms with Crippen molar-refractivity contribution in [1.82, 2.24) is 24.2 Å². The average Bonchev–Trinajstić information content (AvgIpc) is 3.35. The van der Waals surface area contributed by atoms with E-state index in [1.165, 1.54) is 25.7 Å². The average molecular weight is 332 g/mol. The molecule has 124 valence electrons. The number of aromatic nitrogens is 4. The molecule has 0 aromatic carbocycles. The van der Waals surface area contributed by atoms with Crippen LogP contribution in [-0.2, 0) is 0 Å². The van der Waals surface area contributed by atoms with Gasteiger partial charge in [-0.15, -0.1) is 0 Å². The summed E-state index contributed by atoms with van der Waals surface area (Å²) in [5.74, 6) is 2.73. The first-order chi connectivity index (χ1) is 11.3. The maximum absolute atomic E-state index is 4.87. The molecule has 1 N–H and O–H groups in total. The van der Waals surface area contributed by atoms with Crippen LogP contribution < -0.4 is 4.90 Å². The number of piperazine rings is 1. The third-order valence-corrected chi connectivity index (χ3v) is 5.95. The summed E-state index contributed by atoms with van der Waals surface area (Å²) in [6, 6.07) is 0.308. The first-order valence-corrected chi connectivity index (χ1v) is 9.44. The van der Waals surface area contributed by atoms with Crippen LogP contribution in [0.15, 0.2) is 12.4 Å². The van der Waals surface area contributed by atoms with Gasteiger partial charge >= 0.3 is 0 Å². The predicted molar refractivity (Wildman–Crippen MR) is 91.9 cm³/mol. The van der Waals surface area contributed by atoms with Gasteiger partial charge in [-0.2, -0.15) is 4.37 Å². The lowest BCUT2D eigenvalue weighted by molar-refractivity contribution is 0.180. The van der Waals surface area contributed by atoms with Crippen LogP contribution in [-0.4, -0.2) is 50.4 Å². The molecule has 2 aromatic rings. The monoisotopic (exact) mass is 332 g/mol. The summed E-state index contributed by atoms with van der Waals surface area (Å²) in [4.78, 5) is 17.5. The molecule has 3 heterocycles. The molecule has 2 aromatic heterocycles. The Morgan fingerprint density at radius 2 is 2.17 bits per heavy atom. The lowest BCUT2D eigenvalue weighted by atomic mass is 10.1. The minimum Gasteiger partial charge on any atom is -0.347 e. The summed E-state index contributed by atoms with van der Waals surface area (Å²) in [6.45, 7) is 6.25. The number of nitrogens with zero attached hydrogens (tertiary/aromatic N) is 5. The van der Waals surface area contributed by atoms with Crippen molar-refractivity contribution in [3.05, 3.63) is 24.0 Å². The molecule has 2 fully saturated rings. The molecule has 0 amide bonds. The van der Waals surface area contributed by atoms with Crippen molar-refractivity contribution in [2.45, 2.75) is 44.6 Å². The molecule has 6 nitrogen and oxygen atoms in total. The highest BCUT2D eigenvalue weighted by Crippen LogP contribution is 2.35. The first-order valence-electron chi connectivity index (χ1n) is 8.67. The molecule has 1 aliphatic carbocycles. The van der Waals surface area contributed by atoms with Gasteiger partial charge in [-0.25, -0.2) is 9.97 Å². The minimum atomic E-state index is 0.308. The van der Waals surface area contributed by atoms with Crippen LogP contribution in [0.3, 0.4) is 0 Å². The molecule has 1 aliphatic heterocycles. The molecule has 7 heteroatoms. The molecule has 4 rings (SSSR count). The van der Waals surface area contributed by atoms with Crippen molar-refractivity contribution < 1.29 is 0 Å². The molecule has 1 atom stereocenters. The number of imidazole rings is 1. The van der Waals surface area contributed by atoms with E-state index in [9.17, 15) is 0 Å².